The van der Waals surface area contributed by atoms with Crippen molar-refractivity contribution in [3.63, 3.8) is 0 Å². The lowest BCUT2D eigenvalue weighted by molar-refractivity contribution is 0.891. The van der Waals surface area contributed by atoms with Crippen molar-refractivity contribution in [2.75, 3.05) is 5.73 Å². The van der Waals surface area contributed by atoms with Crippen LogP contribution in [-0.4, -0.2) is 9.78 Å². The van der Waals surface area contributed by atoms with Crippen molar-refractivity contribution < 1.29 is 0 Å². The second-order valence-corrected chi connectivity index (χ2v) is 4.32. The van der Waals surface area contributed by atoms with E-state index >= 15 is 0 Å². The Morgan fingerprint density at radius 3 is 2.38 bits per heavy atom. The Balaban J connectivity index is 2.54. The van der Waals surface area contributed by atoms with E-state index in [-0.39, 0.29) is 0 Å². The van der Waals surface area contributed by atoms with E-state index in [1.807, 2.05) is 6.92 Å². The molecule has 16 heavy (non-hydrogen) atoms. The molecular weight excluding hydrogens is 245 g/mol. The second kappa shape index (κ2) is 4.36. The van der Waals surface area contributed by atoms with Crippen molar-refractivity contribution in [1.29, 1.82) is 0 Å². The summed E-state index contributed by atoms with van der Waals surface area (Å²) in [5.41, 5.74) is 7.74. The van der Waals surface area contributed by atoms with Crippen LogP contribution >= 0.6 is 23.2 Å². The maximum Gasteiger partial charge on any atom is 0.130 e. The lowest BCUT2D eigenvalue weighted by atomic mass is 10.2. The summed E-state index contributed by atoms with van der Waals surface area (Å²) < 4.78 is 1.64. The molecule has 0 unspecified atom stereocenters. The summed E-state index contributed by atoms with van der Waals surface area (Å²) >= 11 is 11.9. The number of anilines is 1. The summed E-state index contributed by atoms with van der Waals surface area (Å²) in [5.74, 6) is 0.626. The molecule has 2 N–H and O–H groups in total. The lowest BCUT2D eigenvalue weighted by Gasteiger charge is -2.06. The van der Waals surface area contributed by atoms with Crippen molar-refractivity contribution in [3.05, 3.63) is 40.0 Å². The number of hydrogen-bond donors (Lipinski definition) is 1. The zero-order chi connectivity index (χ0) is 11.7. The van der Waals surface area contributed by atoms with Gasteiger partial charge in [0.05, 0.1) is 11.9 Å². The maximum absolute atomic E-state index is 5.96. The monoisotopic (exact) mass is 255 g/mol. The molecule has 0 bridgehead atoms. The number of nitrogens with zero attached hydrogens (tertiary/aromatic N) is 2. The summed E-state index contributed by atoms with van der Waals surface area (Å²) in [6.45, 7) is 2.03. The summed E-state index contributed by atoms with van der Waals surface area (Å²) in [6, 6.07) is 5.22. The van der Waals surface area contributed by atoms with E-state index in [1.54, 1.807) is 29.1 Å². The maximum atomic E-state index is 5.96. The highest BCUT2D eigenvalue weighted by Crippen LogP contribution is 2.24. The fourth-order valence-electron chi connectivity index (χ4n) is 1.53. The fourth-order valence-corrected chi connectivity index (χ4v) is 2.05. The molecule has 0 aliphatic rings. The average Bonchev–Trinajstić information content (AvgIpc) is 2.58. The molecule has 2 rings (SSSR count). The minimum absolute atomic E-state index is 0.565. The molecule has 1 heterocycles. The zero-order valence-electron chi connectivity index (χ0n) is 8.74. The quantitative estimate of drug-likeness (QED) is 0.895. The molecule has 0 amide bonds. The van der Waals surface area contributed by atoms with Crippen LogP contribution in [-0.2, 0) is 6.42 Å². The van der Waals surface area contributed by atoms with E-state index < -0.39 is 0 Å². The largest absolute Gasteiger partial charge is 0.383 e. The van der Waals surface area contributed by atoms with Gasteiger partial charge in [-0.2, -0.15) is 5.10 Å². The highest BCUT2D eigenvalue weighted by molar-refractivity contribution is 6.34. The number of benzene rings is 1. The predicted molar refractivity (Wildman–Crippen MR) is 67.4 cm³/mol. The molecule has 1 aromatic carbocycles. The van der Waals surface area contributed by atoms with Crippen LogP contribution in [0.3, 0.4) is 0 Å². The van der Waals surface area contributed by atoms with Crippen LogP contribution in [0.15, 0.2) is 24.4 Å². The van der Waals surface area contributed by atoms with Crippen LogP contribution in [0.1, 0.15) is 12.5 Å². The Hall–Kier alpha value is -1.19. The molecule has 84 valence electrons. The minimum Gasteiger partial charge on any atom is -0.383 e. The lowest BCUT2D eigenvalue weighted by Crippen LogP contribution is -2.02. The van der Waals surface area contributed by atoms with Gasteiger partial charge in [-0.1, -0.05) is 30.1 Å². The first kappa shape index (κ1) is 11.3. The van der Waals surface area contributed by atoms with Crippen molar-refractivity contribution in [3.8, 4) is 5.69 Å². The average molecular weight is 256 g/mol. The second-order valence-electron chi connectivity index (χ2n) is 3.45. The Bertz CT molecular complexity index is 500. The molecule has 0 atom stereocenters. The van der Waals surface area contributed by atoms with Gasteiger partial charge >= 0.3 is 0 Å². The normalized spacial score (nSPS) is 10.7. The Morgan fingerprint density at radius 1 is 1.25 bits per heavy atom. The Morgan fingerprint density at radius 2 is 1.88 bits per heavy atom. The number of aromatic nitrogens is 2. The van der Waals surface area contributed by atoms with Crippen LogP contribution in [0.25, 0.3) is 5.69 Å². The van der Waals surface area contributed by atoms with Gasteiger partial charge in [-0.05, 0) is 24.6 Å². The van der Waals surface area contributed by atoms with Gasteiger partial charge in [0, 0.05) is 15.6 Å². The van der Waals surface area contributed by atoms with Gasteiger partial charge in [0.1, 0.15) is 5.82 Å². The number of nitrogen functional groups attached to an aromatic ring is 1. The van der Waals surface area contributed by atoms with Gasteiger partial charge in [-0.3, -0.25) is 0 Å². The van der Waals surface area contributed by atoms with Gasteiger partial charge in [-0.25, -0.2) is 4.68 Å². The molecule has 0 saturated carbocycles. The smallest absolute Gasteiger partial charge is 0.130 e. The SMILES string of the molecule is CCc1cnn(-c2cc(Cl)cc(Cl)c2)c1N. The number of hydrogen-bond acceptors (Lipinski definition) is 2. The van der Waals surface area contributed by atoms with Crippen LogP contribution in [0.2, 0.25) is 10.0 Å². The van der Waals surface area contributed by atoms with Crippen molar-refractivity contribution in [2.24, 2.45) is 0 Å². The van der Waals surface area contributed by atoms with E-state index in [0.29, 0.717) is 15.9 Å². The molecule has 0 fully saturated rings. The first-order valence-electron chi connectivity index (χ1n) is 4.90. The summed E-state index contributed by atoms with van der Waals surface area (Å²) in [7, 11) is 0. The van der Waals surface area contributed by atoms with Crippen molar-refractivity contribution >= 4 is 29.0 Å². The molecule has 1 aromatic heterocycles. The first-order valence-corrected chi connectivity index (χ1v) is 5.66. The van der Waals surface area contributed by atoms with Gasteiger partial charge in [0.25, 0.3) is 0 Å². The van der Waals surface area contributed by atoms with Gasteiger partial charge in [-0.15, -0.1) is 0 Å². The summed E-state index contributed by atoms with van der Waals surface area (Å²) in [6.07, 6.45) is 2.60. The fraction of sp³-hybridized carbons (Fsp3) is 0.182. The Kier molecular flexibility index (Phi) is 3.08. The van der Waals surface area contributed by atoms with E-state index in [2.05, 4.69) is 5.10 Å². The van der Waals surface area contributed by atoms with Crippen LogP contribution in [0.4, 0.5) is 5.82 Å². The molecular formula is C11H11Cl2N3. The third-order valence-corrected chi connectivity index (χ3v) is 2.80. The Labute approximate surface area is 104 Å². The molecule has 0 aliphatic carbocycles. The first-order chi connectivity index (χ1) is 7.61. The molecule has 0 spiro atoms. The topological polar surface area (TPSA) is 43.8 Å². The summed E-state index contributed by atoms with van der Waals surface area (Å²) in [5, 5.41) is 5.34. The number of halogens is 2. The third kappa shape index (κ3) is 2.01. The molecule has 0 aliphatic heterocycles. The number of rotatable bonds is 2. The van der Waals surface area contributed by atoms with Crippen molar-refractivity contribution in [2.45, 2.75) is 13.3 Å². The molecule has 5 heteroatoms. The highest BCUT2D eigenvalue weighted by atomic mass is 35.5. The van der Waals surface area contributed by atoms with Gasteiger partial charge in [0.2, 0.25) is 0 Å². The van der Waals surface area contributed by atoms with Gasteiger partial charge in [0.15, 0.2) is 0 Å². The number of nitrogens with two attached hydrogens (primary N) is 1. The van der Waals surface area contributed by atoms with E-state index in [0.717, 1.165) is 17.7 Å². The van der Waals surface area contributed by atoms with Crippen molar-refractivity contribution in [1.82, 2.24) is 9.78 Å². The molecule has 0 radical (unpaired) electrons. The molecule has 2 aromatic rings. The number of aryl methyl sites for hydroxylation is 1. The minimum atomic E-state index is 0.565. The van der Waals surface area contributed by atoms with Gasteiger partial charge < -0.3 is 5.73 Å². The van der Waals surface area contributed by atoms with Crippen LogP contribution in [0.5, 0.6) is 0 Å². The predicted octanol–water partition coefficient (Wildman–Crippen LogP) is 3.32. The van der Waals surface area contributed by atoms with Crippen LogP contribution < -0.4 is 5.73 Å². The highest BCUT2D eigenvalue weighted by Gasteiger charge is 2.08. The molecule has 3 nitrogen and oxygen atoms in total. The summed E-state index contributed by atoms with van der Waals surface area (Å²) in [4.78, 5) is 0. The van der Waals surface area contributed by atoms with Crippen LogP contribution in [0, 0.1) is 0 Å². The van der Waals surface area contributed by atoms with E-state index in [4.69, 9.17) is 28.9 Å². The molecule has 0 saturated heterocycles. The third-order valence-electron chi connectivity index (χ3n) is 2.36. The standard InChI is InChI=1S/C11H11Cl2N3/c1-2-7-6-15-16(11(7)14)10-4-8(12)3-9(13)5-10/h3-6H,2,14H2,1H3. The zero-order valence-corrected chi connectivity index (χ0v) is 10.3. The van der Waals surface area contributed by atoms with E-state index in [9.17, 15) is 0 Å². The van der Waals surface area contributed by atoms with E-state index in [1.165, 1.54) is 0 Å².